The maximum atomic E-state index is 6.24. The molecule has 0 unspecified atom stereocenters. The summed E-state index contributed by atoms with van der Waals surface area (Å²) in [5, 5.41) is 0. The molecule has 0 fully saturated rings. The van der Waals surface area contributed by atoms with E-state index in [1.165, 1.54) is 5.56 Å². The minimum absolute atomic E-state index is 0.0354. The normalized spacial score (nSPS) is 12.6. The number of rotatable bonds is 6. The molecule has 0 saturated heterocycles. The number of hydrogen-bond donors (Lipinski definition) is 1. The predicted octanol–water partition coefficient (Wildman–Crippen LogP) is 1.77. The Balaban J connectivity index is 2.04. The van der Waals surface area contributed by atoms with Gasteiger partial charge in [0.15, 0.2) is 0 Å². The van der Waals surface area contributed by atoms with Crippen molar-refractivity contribution in [1.82, 2.24) is 9.55 Å². The Morgan fingerprint density at radius 3 is 2.83 bits per heavy atom. The van der Waals surface area contributed by atoms with E-state index in [9.17, 15) is 0 Å². The first-order valence-electron chi connectivity index (χ1n) is 6.09. The summed E-state index contributed by atoms with van der Waals surface area (Å²) in [6, 6.07) is 10.2. The van der Waals surface area contributed by atoms with E-state index in [2.05, 4.69) is 21.7 Å². The molecule has 0 aliphatic rings. The summed E-state index contributed by atoms with van der Waals surface area (Å²) >= 11 is 0. The van der Waals surface area contributed by atoms with Crippen LogP contribution >= 0.6 is 0 Å². The molecule has 0 aliphatic heterocycles. The molecular weight excluding hydrogens is 226 g/mol. The van der Waals surface area contributed by atoms with Crippen LogP contribution < -0.4 is 5.73 Å². The fraction of sp³-hybridized carbons (Fsp3) is 0.357. The van der Waals surface area contributed by atoms with Crippen LogP contribution in [0.2, 0.25) is 0 Å². The molecule has 4 heteroatoms. The topological polar surface area (TPSA) is 53.1 Å². The predicted molar refractivity (Wildman–Crippen MR) is 71.2 cm³/mol. The van der Waals surface area contributed by atoms with Crippen molar-refractivity contribution < 1.29 is 4.74 Å². The van der Waals surface area contributed by atoms with Gasteiger partial charge in [-0.1, -0.05) is 30.3 Å². The Kier molecular flexibility index (Phi) is 4.50. The first-order chi connectivity index (χ1) is 8.81. The van der Waals surface area contributed by atoms with Crippen LogP contribution in [0, 0.1) is 0 Å². The Labute approximate surface area is 107 Å². The van der Waals surface area contributed by atoms with Gasteiger partial charge >= 0.3 is 0 Å². The van der Waals surface area contributed by atoms with Crippen LogP contribution in [0.3, 0.4) is 0 Å². The lowest BCUT2D eigenvalue weighted by Crippen LogP contribution is -2.18. The third-order valence-corrected chi connectivity index (χ3v) is 2.96. The molecule has 0 spiro atoms. The van der Waals surface area contributed by atoms with Gasteiger partial charge in [-0.25, -0.2) is 4.98 Å². The van der Waals surface area contributed by atoms with Crippen LogP contribution in [0.1, 0.15) is 17.3 Å². The summed E-state index contributed by atoms with van der Waals surface area (Å²) in [6.45, 7) is 1.45. The second-order valence-corrected chi connectivity index (χ2v) is 4.30. The molecule has 96 valence electrons. The molecule has 0 saturated carbocycles. The van der Waals surface area contributed by atoms with Gasteiger partial charge in [0.2, 0.25) is 0 Å². The fourth-order valence-electron chi connectivity index (χ4n) is 1.99. The fourth-order valence-corrected chi connectivity index (χ4v) is 1.99. The SMILES string of the molecule is COCCn1cncc1[C@H](N)Cc1ccccc1. The van der Waals surface area contributed by atoms with Gasteiger partial charge in [-0.2, -0.15) is 0 Å². The second kappa shape index (κ2) is 6.33. The monoisotopic (exact) mass is 245 g/mol. The smallest absolute Gasteiger partial charge is 0.0949 e. The average Bonchev–Trinajstić information content (AvgIpc) is 2.86. The molecule has 1 heterocycles. The number of benzene rings is 1. The highest BCUT2D eigenvalue weighted by atomic mass is 16.5. The summed E-state index contributed by atoms with van der Waals surface area (Å²) in [7, 11) is 1.69. The third-order valence-electron chi connectivity index (χ3n) is 2.96. The lowest BCUT2D eigenvalue weighted by atomic mass is 10.0. The summed E-state index contributed by atoms with van der Waals surface area (Å²) in [6.07, 6.45) is 4.46. The van der Waals surface area contributed by atoms with Crippen molar-refractivity contribution in [3.63, 3.8) is 0 Å². The Morgan fingerprint density at radius 2 is 2.11 bits per heavy atom. The molecule has 2 rings (SSSR count). The Bertz CT molecular complexity index is 467. The van der Waals surface area contributed by atoms with Crippen molar-refractivity contribution in [2.75, 3.05) is 13.7 Å². The van der Waals surface area contributed by atoms with Crippen molar-refractivity contribution in [3.05, 3.63) is 54.1 Å². The molecule has 2 aromatic rings. The summed E-state index contributed by atoms with van der Waals surface area (Å²) in [5.41, 5.74) is 8.53. The van der Waals surface area contributed by atoms with Crippen molar-refractivity contribution in [2.24, 2.45) is 5.73 Å². The summed E-state index contributed by atoms with van der Waals surface area (Å²) in [4.78, 5) is 4.17. The van der Waals surface area contributed by atoms with Gasteiger partial charge in [0, 0.05) is 19.9 Å². The molecule has 18 heavy (non-hydrogen) atoms. The number of methoxy groups -OCH3 is 1. The molecule has 0 radical (unpaired) electrons. The molecule has 0 amide bonds. The number of hydrogen-bond acceptors (Lipinski definition) is 3. The van der Waals surface area contributed by atoms with E-state index in [0.29, 0.717) is 6.61 Å². The Morgan fingerprint density at radius 1 is 1.33 bits per heavy atom. The first kappa shape index (κ1) is 12.8. The highest BCUT2D eigenvalue weighted by Gasteiger charge is 2.11. The van der Waals surface area contributed by atoms with Gasteiger partial charge in [-0.3, -0.25) is 0 Å². The molecular formula is C14H19N3O. The quantitative estimate of drug-likeness (QED) is 0.844. The molecule has 0 aliphatic carbocycles. The van der Waals surface area contributed by atoms with Crippen molar-refractivity contribution in [3.8, 4) is 0 Å². The minimum atomic E-state index is -0.0354. The molecule has 1 aromatic heterocycles. The molecule has 0 bridgehead atoms. The van der Waals surface area contributed by atoms with Crippen molar-refractivity contribution >= 4 is 0 Å². The number of nitrogens with zero attached hydrogens (tertiary/aromatic N) is 2. The maximum Gasteiger partial charge on any atom is 0.0949 e. The first-order valence-corrected chi connectivity index (χ1v) is 6.09. The molecule has 4 nitrogen and oxygen atoms in total. The number of aromatic nitrogens is 2. The van der Waals surface area contributed by atoms with Crippen LogP contribution in [0.4, 0.5) is 0 Å². The van der Waals surface area contributed by atoms with Gasteiger partial charge in [0.1, 0.15) is 0 Å². The number of ether oxygens (including phenoxy) is 1. The van der Waals surface area contributed by atoms with E-state index in [0.717, 1.165) is 18.7 Å². The largest absolute Gasteiger partial charge is 0.383 e. The van der Waals surface area contributed by atoms with Gasteiger partial charge in [-0.05, 0) is 12.0 Å². The van der Waals surface area contributed by atoms with E-state index in [1.54, 1.807) is 13.4 Å². The van der Waals surface area contributed by atoms with Crippen LogP contribution in [0.15, 0.2) is 42.9 Å². The van der Waals surface area contributed by atoms with Gasteiger partial charge in [-0.15, -0.1) is 0 Å². The molecule has 1 aromatic carbocycles. The lowest BCUT2D eigenvalue weighted by Gasteiger charge is -2.14. The lowest BCUT2D eigenvalue weighted by molar-refractivity contribution is 0.186. The van der Waals surface area contributed by atoms with E-state index in [4.69, 9.17) is 10.5 Å². The maximum absolute atomic E-state index is 6.24. The molecule has 2 N–H and O–H groups in total. The summed E-state index contributed by atoms with van der Waals surface area (Å²) < 4.78 is 7.13. The van der Waals surface area contributed by atoms with E-state index in [1.807, 2.05) is 24.4 Å². The van der Waals surface area contributed by atoms with Crippen LogP contribution in [-0.4, -0.2) is 23.3 Å². The highest BCUT2D eigenvalue weighted by Crippen LogP contribution is 2.15. The van der Waals surface area contributed by atoms with Crippen molar-refractivity contribution in [2.45, 2.75) is 19.0 Å². The number of nitrogens with two attached hydrogens (primary N) is 1. The van der Waals surface area contributed by atoms with E-state index < -0.39 is 0 Å². The second-order valence-electron chi connectivity index (χ2n) is 4.30. The zero-order valence-electron chi connectivity index (χ0n) is 10.6. The van der Waals surface area contributed by atoms with E-state index in [-0.39, 0.29) is 6.04 Å². The molecule has 1 atom stereocenters. The summed E-state index contributed by atoms with van der Waals surface area (Å²) in [5.74, 6) is 0. The van der Waals surface area contributed by atoms with Gasteiger partial charge in [0.05, 0.1) is 24.7 Å². The zero-order valence-corrected chi connectivity index (χ0v) is 10.6. The van der Waals surface area contributed by atoms with Crippen LogP contribution in [0.25, 0.3) is 0 Å². The highest BCUT2D eigenvalue weighted by molar-refractivity contribution is 5.18. The van der Waals surface area contributed by atoms with Crippen LogP contribution in [-0.2, 0) is 17.7 Å². The Hall–Kier alpha value is -1.65. The minimum Gasteiger partial charge on any atom is -0.383 e. The number of imidazole rings is 1. The zero-order chi connectivity index (χ0) is 12.8. The van der Waals surface area contributed by atoms with Gasteiger partial charge in [0.25, 0.3) is 0 Å². The van der Waals surface area contributed by atoms with Gasteiger partial charge < -0.3 is 15.0 Å². The van der Waals surface area contributed by atoms with Crippen molar-refractivity contribution in [1.29, 1.82) is 0 Å². The van der Waals surface area contributed by atoms with Crippen LogP contribution in [0.5, 0.6) is 0 Å². The van der Waals surface area contributed by atoms with E-state index >= 15 is 0 Å². The average molecular weight is 245 g/mol. The standard InChI is InChI=1S/C14H19N3O/c1-18-8-7-17-11-16-10-14(17)13(15)9-12-5-3-2-4-6-12/h2-6,10-11,13H,7-9,15H2,1H3/t13-/m1/s1. The third kappa shape index (κ3) is 3.18.